The van der Waals surface area contributed by atoms with Gasteiger partial charge < -0.3 is 11.1 Å². The van der Waals surface area contributed by atoms with Gasteiger partial charge in [-0.05, 0) is 20.3 Å². The van der Waals surface area contributed by atoms with Crippen LogP contribution in [-0.2, 0) is 4.79 Å². The van der Waals surface area contributed by atoms with Gasteiger partial charge in [-0.2, -0.15) is 5.10 Å². The van der Waals surface area contributed by atoms with Gasteiger partial charge in [-0.25, -0.2) is 0 Å². The van der Waals surface area contributed by atoms with E-state index >= 15 is 0 Å². The van der Waals surface area contributed by atoms with E-state index in [9.17, 15) is 4.79 Å². The lowest BCUT2D eigenvalue weighted by atomic mass is 9.97. The van der Waals surface area contributed by atoms with Crippen LogP contribution in [0.3, 0.4) is 0 Å². The molecule has 0 bridgehead atoms. The zero-order chi connectivity index (χ0) is 11.5. The van der Waals surface area contributed by atoms with Crippen molar-refractivity contribution in [2.75, 3.05) is 5.32 Å². The first-order valence-electron chi connectivity index (χ1n) is 5.08. The Bertz CT molecular complexity index is 343. The van der Waals surface area contributed by atoms with Gasteiger partial charge in [0.25, 0.3) is 0 Å². The van der Waals surface area contributed by atoms with Crippen molar-refractivity contribution in [1.29, 1.82) is 0 Å². The zero-order valence-electron chi connectivity index (χ0n) is 9.42. The number of H-pyrrole nitrogens is 1. The van der Waals surface area contributed by atoms with Crippen molar-refractivity contribution in [3.8, 4) is 0 Å². The van der Waals surface area contributed by atoms with Crippen LogP contribution in [0, 0.1) is 6.92 Å². The van der Waals surface area contributed by atoms with Gasteiger partial charge in [0, 0.05) is 11.8 Å². The third kappa shape index (κ3) is 3.06. The first-order chi connectivity index (χ1) is 6.95. The largest absolute Gasteiger partial charge is 0.318 e. The molecule has 0 aliphatic carbocycles. The molecule has 0 saturated carbocycles. The predicted molar refractivity (Wildman–Crippen MR) is 59.5 cm³/mol. The average molecular weight is 210 g/mol. The Morgan fingerprint density at radius 3 is 2.87 bits per heavy atom. The van der Waals surface area contributed by atoms with Gasteiger partial charge in [0.15, 0.2) is 5.82 Å². The number of aryl methyl sites for hydroxylation is 1. The van der Waals surface area contributed by atoms with E-state index in [-0.39, 0.29) is 5.91 Å². The zero-order valence-corrected chi connectivity index (χ0v) is 9.42. The summed E-state index contributed by atoms with van der Waals surface area (Å²) in [5.74, 6) is 0.320. The van der Waals surface area contributed by atoms with Crippen LogP contribution in [0.4, 0.5) is 5.82 Å². The number of carbonyl (C=O) groups excluding carboxylic acids is 1. The van der Waals surface area contributed by atoms with Crippen molar-refractivity contribution in [2.24, 2.45) is 5.73 Å². The smallest absolute Gasteiger partial charge is 0.245 e. The standard InChI is InChI=1S/C10H18N4O/c1-4-5-10(3,11)9(15)12-8-6-7(2)13-14-8/h6H,4-5,11H2,1-3H3,(H2,12,13,14,15). The van der Waals surface area contributed by atoms with E-state index in [4.69, 9.17) is 5.73 Å². The molecule has 0 aliphatic rings. The first-order valence-corrected chi connectivity index (χ1v) is 5.08. The summed E-state index contributed by atoms with van der Waals surface area (Å²) in [6, 6.07) is 1.76. The van der Waals surface area contributed by atoms with Crippen LogP contribution in [0.5, 0.6) is 0 Å². The molecule has 84 valence electrons. The maximum absolute atomic E-state index is 11.7. The van der Waals surface area contributed by atoms with Crippen molar-refractivity contribution in [1.82, 2.24) is 10.2 Å². The minimum atomic E-state index is -0.832. The van der Waals surface area contributed by atoms with Gasteiger partial charge in [0.05, 0.1) is 5.54 Å². The Balaban J connectivity index is 2.63. The maximum atomic E-state index is 11.7. The minimum absolute atomic E-state index is 0.198. The number of amides is 1. The Morgan fingerprint density at radius 2 is 2.40 bits per heavy atom. The highest BCUT2D eigenvalue weighted by Gasteiger charge is 2.27. The lowest BCUT2D eigenvalue weighted by Crippen LogP contribution is -2.48. The summed E-state index contributed by atoms with van der Waals surface area (Å²) in [5, 5.41) is 9.35. The third-order valence-electron chi connectivity index (χ3n) is 2.24. The summed E-state index contributed by atoms with van der Waals surface area (Å²) >= 11 is 0. The molecule has 4 N–H and O–H groups in total. The second kappa shape index (κ2) is 4.44. The molecule has 5 heteroatoms. The Hall–Kier alpha value is -1.36. The normalized spacial score (nSPS) is 14.7. The molecule has 1 atom stereocenters. The van der Waals surface area contributed by atoms with Crippen LogP contribution in [0.25, 0.3) is 0 Å². The van der Waals surface area contributed by atoms with E-state index in [1.165, 1.54) is 0 Å². The highest BCUT2D eigenvalue weighted by atomic mass is 16.2. The molecule has 5 nitrogen and oxygen atoms in total. The Kier molecular flexibility index (Phi) is 3.47. The first kappa shape index (κ1) is 11.7. The topological polar surface area (TPSA) is 83.8 Å². The van der Waals surface area contributed by atoms with E-state index < -0.39 is 5.54 Å². The molecule has 1 amide bonds. The molecule has 1 unspecified atom stereocenters. The van der Waals surface area contributed by atoms with Gasteiger partial charge in [-0.3, -0.25) is 9.89 Å². The highest BCUT2D eigenvalue weighted by Crippen LogP contribution is 2.12. The maximum Gasteiger partial charge on any atom is 0.245 e. The SMILES string of the molecule is CCCC(C)(N)C(=O)Nc1cc(C)[nH]n1. The van der Waals surface area contributed by atoms with Crippen LogP contribution >= 0.6 is 0 Å². The predicted octanol–water partition coefficient (Wildman–Crippen LogP) is 1.17. The highest BCUT2D eigenvalue weighted by molar-refractivity contribution is 5.96. The molecule has 0 radical (unpaired) electrons. The Labute approximate surface area is 89.4 Å². The van der Waals surface area contributed by atoms with Gasteiger partial charge in [-0.1, -0.05) is 13.3 Å². The van der Waals surface area contributed by atoms with E-state index in [1.807, 2.05) is 13.8 Å². The summed E-state index contributed by atoms with van der Waals surface area (Å²) < 4.78 is 0. The van der Waals surface area contributed by atoms with Crippen LogP contribution in [0.15, 0.2) is 6.07 Å². The monoisotopic (exact) mass is 210 g/mol. The summed E-state index contributed by atoms with van der Waals surface area (Å²) in [7, 11) is 0. The summed E-state index contributed by atoms with van der Waals surface area (Å²) in [6.45, 7) is 5.60. The van der Waals surface area contributed by atoms with Crippen LogP contribution < -0.4 is 11.1 Å². The van der Waals surface area contributed by atoms with E-state index in [2.05, 4.69) is 15.5 Å². The fraction of sp³-hybridized carbons (Fsp3) is 0.600. The van der Waals surface area contributed by atoms with E-state index in [0.717, 1.165) is 12.1 Å². The molecule has 15 heavy (non-hydrogen) atoms. The number of aromatic nitrogens is 2. The molecule has 1 aromatic heterocycles. The molecule has 0 fully saturated rings. The molecule has 1 rings (SSSR count). The average Bonchev–Trinajstić information content (AvgIpc) is 2.51. The molecular formula is C10H18N4O. The second-order valence-corrected chi connectivity index (χ2v) is 4.06. The van der Waals surface area contributed by atoms with Crippen LogP contribution in [0.2, 0.25) is 0 Å². The van der Waals surface area contributed by atoms with Crippen LogP contribution in [0.1, 0.15) is 32.4 Å². The van der Waals surface area contributed by atoms with Gasteiger partial charge in [0.1, 0.15) is 0 Å². The number of hydrogen-bond acceptors (Lipinski definition) is 3. The molecule has 0 saturated heterocycles. The van der Waals surface area contributed by atoms with Crippen molar-refractivity contribution in [2.45, 2.75) is 39.2 Å². The van der Waals surface area contributed by atoms with Gasteiger partial charge >= 0.3 is 0 Å². The van der Waals surface area contributed by atoms with E-state index in [0.29, 0.717) is 12.2 Å². The van der Waals surface area contributed by atoms with Crippen molar-refractivity contribution in [3.05, 3.63) is 11.8 Å². The second-order valence-electron chi connectivity index (χ2n) is 4.06. The number of rotatable bonds is 4. The number of nitrogens with one attached hydrogen (secondary N) is 2. The van der Waals surface area contributed by atoms with Crippen molar-refractivity contribution in [3.63, 3.8) is 0 Å². The molecule has 1 aromatic rings. The Morgan fingerprint density at radius 1 is 1.73 bits per heavy atom. The lowest BCUT2D eigenvalue weighted by molar-refractivity contribution is -0.120. The van der Waals surface area contributed by atoms with Crippen molar-refractivity contribution < 1.29 is 4.79 Å². The molecule has 1 heterocycles. The lowest BCUT2D eigenvalue weighted by Gasteiger charge is -2.21. The molecule has 0 aliphatic heterocycles. The summed E-state index contributed by atoms with van der Waals surface area (Å²) in [4.78, 5) is 11.7. The van der Waals surface area contributed by atoms with Crippen molar-refractivity contribution >= 4 is 11.7 Å². The number of hydrogen-bond donors (Lipinski definition) is 3. The molecule has 0 spiro atoms. The number of carbonyl (C=O) groups is 1. The molecule has 0 aromatic carbocycles. The molecular weight excluding hydrogens is 192 g/mol. The number of aromatic amines is 1. The summed E-state index contributed by atoms with van der Waals surface area (Å²) in [5.41, 5.74) is 5.95. The van der Waals surface area contributed by atoms with Gasteiger partial charge in [0.2, 0.25) is 5.91 Å². The number of anilines is 1. The quantitative estimate of drug-likeness (QED) is 0.697. The summed E-state index contributed by atoms with van der Waals surface area (Å²) in [6.07, 6.45) is 1.53. The number of nitrogens with two attached hydrogens (primary N) is 1. The number of nitrogens with zero attached hydrogens (tertiary/aromatic N) is 1. The van der Waals surface area contributed by atoms with E-state index in [1.54, 1.807) is 13.0 Å². The third-order valence-corrected chi connectivity index (χ3v) is 2.24. The fourth-order valence-corrected chi connectivity index (χ4v) is 1.37. The van der Waals surface area contributed by atoms with Crippen LogP contribution in [-0.4, -0.2) is 21.6 Å². The fourth-order valence-electron chi connectivity index (χ4n) is 1.37. The van der Waals surface area contributed by atoms with Gasteiger partial charge in [-0.15, -0.1) is 0 Å². The minimum Gasteiger partial charge on any atom is -0.318 e.